The molecule has 3 N–H and O–H groups in total. The van der Waals surface area contributed by atoms with E-state index < -0.39 is 12.0 Å². The average Bonchev–Trinajstić information content (AvgIpc) is 2.21. The minimum atomic E-state index is -1.04. The highest BCUT2D eigenvalue weighted by Crippen LogP contribution is 2.19. The molecule has 5 nitrogen and oxygen atoms in total. The largest absolute Gasteiger partial charge is 0.480 e. The van der Waals surface area contributed by atoms with Crippen molar-refractivity contribution < 1.29 is 19.4 Å². The number of carbonyl (C=O) groups is 2. The van der Waals surface area contributed by atoms with Crippen molar-refractivity contribution in [3.05, 3.63) is 29.3 Å². The molecule has 0 saturated heterocycles. The summed E-state index contributed by atoms with van der Waals surface area (Å²) in [5, 5.41) is 8.69. The Morgan fingerprint density at radius 1 is 1.47 bits per heavy atom. The maximum atomic E-state index is 10.8. The van der Waals surface area contributed by atoms with Gasteiger partial charge in [0.2, 0.25) is 0 Å². The highest BCUT2D eigenvalue weighted by Gasteiger charge is 2.13. The lowest BCUT2D eigenvalue weighted by molar-refractivity contribution is -0.138. The highest BCUT2D eigenvalue weighted by molar-refractivity contribution is 5.73. The topological polar surface area (TPSA) is 89.6 Å². The number of rotatable bonds is 4. The minimum Gasteiger partial charge on any atom is -0.480 e. The Hall–Kier alpha value is -1.88. The van der Waals surface area contributed by atoms with Gasteiger partial charge in [-0.3, -0.25) is 9.59 Å². The van der Waals surface area contributed by atoms with Crippen molar-refractivity contribution in [3.8, 4) is 5.75 Å². The van der Waals surface area contributed by atoms with Crippen LogP contribution < -0.4 is 10.5 Å². The Morgan fingerprint density at radius 3 is 2.59 bits per heavy atom. The number of hydrogen-bond acceptors (Lipinski definition) is 4. The van der Waals surface area contributed by atoms with Gasteiger partial charge in [0, 0.05) is 6.92 Å². The minimum absolute atomic E-state index is 0.247. The lowest BCUT2D eigenvalue weighted by atomic mass is 10.0. The third-order valence-electron chi connectivity index (χ3n) is 2.27. The average molecular weight is 237 g/mol. The summed E-state index contributed by atoms with van der Waals surface area (Å²) in [7, 11) is 0. The molecule has 0 fully saturated rings. The number of esters is 1. The number of carboxylic acid groups (broad SMARTS) is 1. The second-order valence-corrected chi connectivity index (χ2v) is 3.84. The van der Waals surface area contributed by atoms with Crippen LogP contribution in [-0.4, -0.2) is 23.1 Å². The van der Waals surface area contributed by atoms with Crippen LogP contribution in [0.2, 0.25) is 0 Å². The molecule has 0 aromatic heterocycles. The number of aliphatic carboxylic acids is 1. The summed E-state index contributed by atoms with van der Waals surface area (Å²) >= 11 is 0. The number of aryl methyl sites for hydroxylation is 1. The first kappa shape index (κ1) is 13.2. The Bertz CT molecular complexity index is 442. The lowest BCUT2D eigenvalue weighted by Gasteiger charge is -2.10. The maximum Gasteiger partial charge on any atom is 0.320 e. The van der Waals surface area contributed by atoms with Gasteiger partial charge in [-0.2, -0.15) is 0 Å². The summed E-state index contributed by atoms with van der Waals surface area (Å²) < 4.78 is 4.97. The van der Waals surface area contributed by atoms with Crippen molar-refractivity contribution >= 4 is 11.9 Å². The van der Waals surface area contributed by atoms with Gasteiger partial charge in [0.15, 0.2) is 0 Å². The van der Waals surface area contributed by atoms with Crippen LogP contribution in [0.3, 0.4) is 0 Å². The summed E-state index contributed by atoms with van der Waals surface area (Å²) in [6.07, 6.45) is 0.247. The Morgan fingerprint density at radius 2 is 2.12 bits per heavy atom. The van der Waals surface area contributed by atoms with Crippen molar-refractivity contribution in [3.63, 3.8) is 0 Å². The first-order valence-corrected chi connectivity index (χ1v) is 5.16. The fourth-order valence-corrected chi connectivity index (χ4v) is 1.45. The molecule has 0 unspecified atom stereocenters. The van der Waals surface area contributed by atoms with Crippen molar-refractivity contribution in [2.24, 2.45) is 5.73 Å². The van der Waals surface area contributed by atoms with Crippen molar-refractivity contribution in [2.75, 3.05) is 0 Å². The number of ether oxygens (including phenoxy) is 1. The second kappa shape index (κ2) is 5.45. The zero-order valence-electron chi connectivity index (χ0n) is 9.77. The van der Waals surface area contributed by atoms with Gasteiger partial charge in [-0.15, -0.1) is 0 Å². The zero-order chi connectivity index (χ0) is 13.0. The highest BCUT2D eigenvalue weighted by atomic mass is 16.5. The molecular formula is C12H15NO4. The Balaban J connectivity index is 2.81. The van der Waals surface area contributed by atoms with E-state index in [1.54, 1.807) is 25.1 Å². The molecule has 92 valence electrons. The van der Waals surface area contributed by atoms with Gasteiger partial charge in [-0.25, -0.2) is 0 Å². The van der Waals surface area contributed by atoms with Crippen molar-refractivity contribution in [1.82, 2.24) is 0 Å². The molecule has 1 atom stereocenters. The van der Waals surface area contributed by atoms with E-state index in [1.165, 1.54) is 6.92 Å². The quantitative estimate of drug-likeness (QED) is 0.599. The van der Waals surface area contributed by atoms with Gasteiger partial charge < -0.3 is 15.6 Å². The van der Waals surface area contributed by atoms with Crippen LogP contribution in [0.25, 0.3) is 0 Å². The van der Waals surface area contributed by atoms with Crippen LogP contribution in [-0.2, 0) is 16.0 Å². The van der Waals surface area contributed by atoms with Gasteiger partial charge >= 0.3 is 11.9 Å². The van der Waals surface area contributed by atoms with Gasteiger partial charge in [-0.05, 0) is 30.5 Å². The number of carbonyl (C=O) groups excluding carboxylic acids is 1. The van der Waals surface area contributed by atoms with Gasteiger partial charge in [0.1, 0.15) is 11.8 Å². The van der Waals surface area contributed by atoms with Gasteiger partial charge in [0.25, 0.3) is 0 Å². The molecule has 17 heavy (non-hydrogen) atoms. The molecule has 0 spiro atoms. The van der Waals surface area contributed by atoms with Crippen LogP contribution in [0.4, 0.5) is 0 Å². The molecule has 0 saturated carbocycles. The number of benzene rings is 1. The first-order chi connectivity index (χ1) is 7.90. The zero-order valence-corrected chi connectivity index (χ0v) is 9.77. The van der Waals surface area contributed by atoms with Gasteiger partial charge in [0.05, 0.1) is 0 Å². The third-order valence-corrected chi connectivity index (χ3v) is 2.27. The van der Waals surface area contributed by atoms with E-state index >= 15 is 0 Å². The van der Waals surface area contributed by atoms with E-state index in [-0.39, 0.29) is 12.4 Å². The second-order valence-electron chi connectivity index (χ2n) is 3.84. The molecule has 0 aliphatic rings. The fraction of sp³-hybridized carbons (Fsp3) is 0.333. The smallest absolute Gasteiger partial charge is 0.320 e. The van der Waals surface area contributed by atoms with Crippen molar-refractivity contribution in [1.29, 1.82) is 0 Å². The summed E-state index contributed by atoms with van der Waals surface area (Å²) in [5.74, 6) is -0.944. The molecule has 0 aliphatic carbocycles. The predicted octanol–water partition coefficient (Wildman–Crippen LogP) is 0.875. The molecule has 1 rings (SSSR count). The molecule has 0 aliphatic heterocycles. The lowest BCUT2D eigenvalue weighted by Crippen LogP contribution is -2.32. The normalized spacial score (nSPS) is 11.9. The third kappa shape index (κ3) is 3.88. The van der Waals surface area contributed by atoms with Crippen LogP contribution in [0.5, 0.6) is 5.75 Å². The SMILES string of the molecule is CC(=O)Oc1ccc(C[C@H](N)C(=O)O)cc1C. The molecule has 0 amide bonds. The maximum absolute atomic E-state index is 10.8. The number of nitrogens with two attached hydrogens (primary N) is 1. The van der Waals surface area contributed by atoms with Crippen LogP contribution >= 0.6 is 0 Å². The summed E-state index contributed by atoms with van der Waals surface area (Å²) in [5.41, 5.74) is 7.01. The van der Waals surface area contributed by atoms with Crippen LogP contribution in [0.15, 0.2) is 18.2 Å². The van der Waals surface area contributed by atoms with Crippen molar-refractivity contribution in [2.45, 2.75) is 26.3 Å². The van der Waals surface area contributed by atoms with E-state index in [4.69, 9.17) is 15.6 Å². The van der Waals surface area contributed by atoms with E-state index in [0.29, 0.717) is 5.75 Å². The van der Waals surface area contributed by atoms with Gasteiger partial charge in [-0.1, -0.05) is 12.1 Å². The van der Waals surface area contributed by atoms with E-state index in [2.05, 4.69) is 0 Å². The Kier molecular flexibility index (Phi) is 4.23. The van der Waals surface area contributed by atoms with Crippen LogP contribution in [0.1, 0.15) is 18.1 Å². The van der Waals surface area contributed by atoms with E-state index in [1.807, 2.05) is 0 Å². The summed E-state index contributed by atoms with van der Waals surface area (Å²) in [6, 6.07) is 4.18. The Labute approximate surface area is 99.2 Å². The van der Waals surface area contributed by atoms with E-state index in [9.17, 15) is 9.59 Å². The molecule has 1 aromatic rings. The molecular weight excluding hydrogens is 222 g/mol. The molecule has 5 heteroatoms. The molecule has 1 aromatic carbocycles. The first-order valence-electron chi connectivity index (χ1n) is 5.16. The number of carboxylic acids is 1. The monoisotopic (exact) mass is 237 g/mol. The fourth-order valence-electron chi connectivity index (χ4n) is 1.45. The van der Waals surface area contributed by atoms with E-state index in [0.717, 1.165) is 11.1 Å². The number of hydrogen-bond donors (Lipinski definition) is 2. The summed E-state index contributed by atoms with van der Waals surface area (Å²) in [6.45, 7) is 3.11. The predicted molar refractivity (Wildman–Crippen MR) is 61.8 cm³/mol. The van der Waals surface area contributed by atoms with Crippen LogP contribution in [0, 0.1) is 6.92 Å². The molecule has 0 bridgehead atoms. The summed E-state index contributed by atoms with van der Waals surface area (Å²) in [4.78, 5) is 21.4. The standard InChI is InChI=1S/C12H15NO4/c1-7-5-9(6-10(13)12(15)16)3-4-11(7)17-8(2)14/h3-5,10H,6,13H2,1-2H3,(H,15,16)/t10-/m0/s1. The molecule has 0 heterocycles. The molecule has 0 radical (unpaired) electrons.